The second-order valence-electron chi connectivity index (χ2n) is 9.07. The zero-order valence-electron chi connectivity index (χ0n) is 19.6. The molecule has 7 nitrogen and oxygen atoms in total. The molecule has 2 heterocycles. The normalized spacial score (nSPS) is 19.6. The van der Waals surface area contributed by atoms with Gasteiger partial charge in [-0.1, -0.05) is 25.5 Å². The molecule has 180 valence electrons. The van der Waals surface area contributed by atoms with E-state index in [0.717, 1.165) is 37.7 Å². The van der Waals surface area contributed by atoms with Gasteiger partial charge in [0.25, 0.3) is 17.7 Å². The second-order valence-corrected chi connectivity index (χ2v) is 9.07. The fraction of sp³-hybridized carbons (Fsp3) is 0.423. The van der Waals surface area contributed by atoms with Crippen LogP contribution in [0.5, 0.6) is 0 Å². The highest BCUT2D eigenvalue weighted by atomic mass is 19.1. The molecule has 3 amide bonds. The molecule has 0 saturated carbocycles. The number of nitrogens with zero attached hydrogens (tertiary/aromatic N) is 2. The van der Waals surface area contributed by atoms with Gasteiger partial charge in [0, 0.05) is 37.8 Å². The van der Waals surface area contributed by atoms with E-state index in [2.05, 4.69) is 10.9 Å². The fourth-order valence-electron chi connectivity index (χ4n) is 4.57. The lowest BCUT2D eigenvalue weighted by atomic mass is 9.99. The van der Waals surface area contributed by atoms with Crippen molar-refractivity contribution in [3.63, 3.8) is 0 Å². The lowest BCUT2D eigenvalue weighted by Gasteiger charge is -2.18. The number of hydrogen-bond donors (Lipinski definition) is 2. The molecule has 2 aliphatic rings. The van der Waals surface area contributed by atoms with E-state index >= 15 is 0 Å². The number of amides is 3. The van der Waals surface area contributed by atoms with Gasteiger partial charge in [0.2, 0.25) is 0 Å². The predicted molar refractivity (Wildman–Crippen MR) is 127 cm³/mol. The molecular weight excluding hydrogens is 435 g/mol. The molecule has 2 aromatic carbocycles. The van der Waals surface area contributed by atoms with Crippen LogP contribution in [0.15, 0.2) is 42.5 Å². The minimum atomic E-state index is -0.318. The van der Waals surface area contributed by atoms with Crippen LogP contribution < -0.4 is 10.9 Å². The van der Waals surface area contributed by atoms with Gasteiger partial charge in [-0.3, -0.25) is 30.1 Å². The third-order valence-corrected chi connectivity index (χ3v) is 6.60. The van der Waals surface area contributed by atoms with Gasteiger partial charge in [0.05, 0.1) is 11.1 Å². The van der Waals surface area contributed by atoms with E-state index in [4.69, 9.17) is 0 Å². The summed E-state index contributed by atoms with van der Waals surface area (Å²) in [5.74, 6) is -1.01. The van der Waals surface area contributed by atoms with Crippen LogP contribution in [0.1, 0.15) is 81.7 Å². The molecule has 1 saturated heterocycles. The molecule has 0 bridgehead atoms. The third kappa shape index (κ3) is 5.03. The Labute approximate surface area is 199 Å². The summed E-state index contributed by atoms with van der Waals surface area (Å²) in [6, 6.07) is 11.7. The van der Waals surface area contributed by atoms with Crippen LogP contribution in [0.25, 0.3) is 0 Å². The van der Waals surface area contributed by atoms with Crippen LogP contribution in [0, 0.1) is 5.82 Å². The third-order valence-electron chi connectivity index (χ3n) is 6.60. The average molecular weight is 467 g/mol. The van der Waals surface area contributed by atoms with Crippen molar-refractivity contribution in [2.75, 3.05) is 20.1 Å². The molecule has 34 heavy (non-hydrogen) atoms. The maximum absolute atomic E-state index is 13.1. The minimum absolute atomic E-state index is 0.133. The van der Waals surface area contributed by atoms with Crippen molar-refractivity contribution in [3.05, 3.63) is 70.5 Å². The van der Waals surface area contributed by atoms with Gasteiger partial charge in [0.1, 0.15) is 5.82 Å². The first kappa shape index (κ1) is 24.0. The first-order chi connectivity index (χ1) is 16.4. The molecule has 8 heteroatoms. The Morgan fingerprint density at radius 2 is 1.79 bits per heavy atom. The Morgan fingerprint density at radius 1 is 1.06 bits per heavy atom. The zero-order chi connectivity index (χ0) is 24.2. The quantitative estimate of drug-likeness (QED) is 0.551. The second kappa shape index (κ2) is 10.4. The predicted octanol–water partition coefficient (Wildman–Crippen LogP) is 3.68. The fourth-order valence-corrected chi connectivity index (χ4v) is 4.57. The summed E-state index contributed by atoms with van der Waals surface area (Å²) in [7, 11) is 1.75. The summed E-state index contributed by atoms with van der Waals surface area (Å²) in [6.45, 7) is 2.98. The molecule has 2 atom stereocenters. The molecular formula is C26H31FN4O3. The lowest BCUT2D eigenvalue weighted by molar-refractivity contribution is 0.0652. The number of hydrogen-bond acceptors (Lipinski definition) is 5. The SMILES string of the molecule is CCCCN1C(=O)c2ccc(C(=O)N(C)CCCC3CC(c4ccc(F)cc4)NN3)cc2C1=O. The standard InChI is InChI=1S/C26H31FN4O3/c1-3-4-14-31-25(33)21-12-9-18(15-22(21)26(31)34)24(32)30(2)13-5-6-20-16-23(29-28-20)17-7-10-19(27)11-8-17/h7-12,15,20,23,28-29H,3-6,13-14,16H2,1-2H3. The number of imide groups is 1. The summed E-state index contributed by atoms with van der Waals surface area (Å²) >= 11 is 0. The number of hydrazine groups is 1. The number of carbonyl (C=O) groups is 3. The zero-order valence-corrected chi connectivity index (χ0v) is 19.6. The van der Waals surface area contributed by atoms with Crippen LogP contribution in [0.2, 0.25) is 0 Å². The lowest BCUT2D eigenvalue weighted by Crippen LogP contribution is -2.32. The molecule has 0 radical (unpaired) electrons. The molecule has 2 aromatic rings. The van der Waals surface area contributed by atoms with Crippen molar-refractivity contribution in [2.45, 2.75) is 51.1 Å². The molecule has 1 fully saturated rings. The van der Waals surface area contributed by atoms with Crippen LogP contribution in [-0.2, 0) is 0 Å². The van der Waals surface area contributed by atoms with Crippen molar-refractivity contribution < 1.29 is 18.8 Å². The van der Waals surface area contributed by atoms with Gasteiger partial charge in [-0.2, -0.15) is 0 Å². The molecule has 4 rings (SSSR count). The number of unbranched alkanes of at least 4 members (excludes halogenated alkanes) is 1. The number of nitrogens with one attached hydrogen (secondary N) is 2. The van der Waals surface area contributed by atoms with Crippen molar-refractivity contribution in [1.82, 2.24) is 20.7 Å². The highest BCUT2D eigenvalue weighted by Crippen LogP contribution is 2.26. The molecule has 0 spiro atoms. The summed E-state index contributed by atoms with van der Waals surface area (Å²) < 4.78 is 13.1. The van der Waals surface area contributed by atoms with Crippen molar-refractivity contribution in [1.29, 1.82) is 0 Å². The number of halogens is 1. The van der Waals surface area contributed by atoms with Gasteiger partial charge in [-0.25, -0.2) is 4.39 Å². The van der Waals surface area contributed by atoms with Crippen LogP contribution in [0.4, 0.5) is 4.39 Å². The van der Waals surface area contributed by atoms with Crippen LogP contribution >= 0.6 is 0 Å². The van der Waals surface area contributed by atoms with E-state index in [1.165, 1.54) is 17.0 Å². The van der Waals surface area contributed by atoms with Gasteiger partial charge in [-0.15, -0.1) is 0 Å². The van der Waals surface area contributed by atoms with Crippen molar-refractivity contribution in [3.8, 4) is 0 Å². The minimum Gasteiger partial charge on any atom is -0.342 e. The van der Waals surface area contributed by atoms with E-state index in [1.54, 1.807) is 42.3 Å². The summed E-state index contributed by atoms with van der Waals surface area (Å²) in [5, 5.41) is 0. The van der Waals surface area contributed by atoms with Gasteiger partial charge in [-0.05, 0) is 61.6 Å². The van der Waals surface area contributed by atoms with Gasteiger partial charge < -0.3 is 4.90 Å². The summed E-state index contributed by atoms with van der Waals surface area (Å²) in [4.78, 5) is 41.0. The van der Waals surface area contributed by atoms with E-state index in [0.29, 0.717) is 29.8 Å². The molecule has 0 aromatic heterocycles. The number of rotatable bonds is 9. The van der Waals surface area contributed by atoms with Crippen molar-refractivity contribution in [2.24, 2.45) is 0 Å². The Kier molecular flexibility index (Phi) is 7.38. The Bertz CT molecular complexity index is 1070. The first-order valence-corrected chi connectivity index (χ1v) is 11.9. The van der Waals surface area contributed by atoms with Crippen LogP contribution in [-0.4, -0.2) is 53.7 Å². The Balaban J connectivity index is 1.29. The van der Waals surface area contributed by atoms with Crippen LogP contribution in [0.3, 0.4) is 0 Å². The Hall–Kier alpha value is -3.10. The van der Waals surface area contributed by atoms with E-state index in [9.17, 15) is 18.8 Å². The number of carbonyl (C=O) groups excluding carboxylic acids is 3. The number of fused-ring (bicyclic) bond motifs is 1. The molecule has 2 N–H and O–H groups in total. The number of benzene rings is 2. The smallest absolute Gasteiger partial charge is 0.261 e. The summed E-state index contributed by atoms with van der Waals surface area (Å²) in [6.07, 6.45) is 4.23. The van der Waals surface area contributed by atoms with E-state index in [-0.39, 0.29) is 35.6 Å². The maximum Gasteiger partial charge on any atom is 0.261 e. The Morgan fingerprint density at radius 3 is 2.53 bits per heavy atom. The largest absolute Gasteiger partial charge is 0.342 e. The molecule has 2 unspecified atom stereocenters. The van der Waals surface area contributed by atoms with Gasteiger partial charge >= 0.3 is 0 Å². The van der Waals surface area contributed by atoms with Crippen molar-refractivity contribution >= 4 is 17.7 Å². The monoisotopic (exact) mass is 466 g/mol. The van der Waals surface area contributed by atoms with Gasteiger partial charge in [0.15, 0.2) is 0 Å². The molecule has 2 aliphatic heterocycles. The average Bonchev–Trinajstić information content (AvgIpc) is 3.40. The maximum atomic E-state index is 13.1. The highest BCUT2D eigenvalue weighted by Gasteiger charge is 2.35. The molecule has 0 aliphatic carbocycles. The first-order valence-electron chi connectivity index (χ1n) is 11.9. The topological polar surface area (TPSA) is 81.8 Å². The highest BCUT2D eigenvalue weighted by molar-refractivity contribution is 6.22. The van der Waals surface area contributed by atoms with E-state index < -0.39 is 0 Å². The summed E-state index contributed by atoms with van der Waals surface area (Å²) in [5.41, 5.74) is 8.69. The van der Waals surface area contributed by atoms with E-state index in [1.807, 2.05) is 6.92 Å².